The van der Waals surface area contributed by atoms with Gasteiger partial charge in [0.1, 0.15) is 11.4 Å². The molecule has 0 saturated heterocycles. The molecule has 0 atom stereocenters. The number of esters is 2. The molecule has 2 N–H and O–H groups in total. The number of hydrogen-bond acceptors (Lipinski definition) is 6. The molecule has 0 bridgehead atoms. The summed E-state index contributed by atoms with van der Waals surface area (Å²) < 4.78 is 9.62. The highest BCUT2D eigenvalue weighted by molar-refractivity contribution is 9.10. The highest BCUT2D eigenvalue weighted by Gasteiger charge is 2.18. The summed E-state index contributed by atoms with van der Waals surface area (Å²) in [6.07, 6.45) is 0. The molecule has 0 spiro atoms. The summed E-state index contributed by atoms with van der Waals surface area (Å²) in [5, 5.41) is 0.193. The molecule has 0 radical (unpaired) electrons. The highest BCUT2D eigenvalue weighted by Crippen LogP contribution is 2.26. The van der Waals surface area contributed by atoms with E-state index < -0.39 is 22.8 Å². The first kappa shape index (κ1) is 16.9. The standard InChI is InChI=1S/C16H11BrN2O6/c1-24-15(22)8-4-10(20)12-7(18-8)3-6(17)14-13(12)11(21)5-9(19-14)16(23)25-2/h3-5H,1-2H3,(H,18,20)(H,19,21). The first-order chi connectivity index (χ1) is 11.9. The third-order valence-corrected chi connectivity index (χ3v) is 4.29. The van der Waals surface area contributed by atoms with Crippen molar-refractivity contribution in [3.05, 3.63) is 54.5 Å². The molecular formula is C16H11BrN2O6. The number of rotatable bonds is 2. The SMILES string of the molecule is COC(=O)c1cc(=O)c2c(cc(Br)c3[nH]c(C(=O)OC)cc(=O)c32)[nH]1. The lowest BCUT2D eigenvalue weighted by Crippen LogP contribution is -2.16. The van der Waals surface area contributed by atoms with E-state index in [0.717, 1.165) is 12.1 Å². The van der Waals surface area contributed by atoms with E-state index in [0.29, 0.717) is 4.47 Å². The Hall–Kier alpha value is -2.94. The Morgan fingerprint density at radius 3 is 1.96 bits per heavy atom. The lowest BCUT2D eigenvalue weighted by Gasteiger charge is -2.09. The highest BCUT2D eigenvalue weighted by atomic mass is 79.9. The van der Waals surface area contributed by atoms with Gasteiger partial charge in [-0.2, -0.15) is 0 Å². The second kappa shape index (κ2) is 6.17. The van der Waals surface area contributed by atoms with Crippen molar-refractivity contribution in [1.29, 1.82) is 0 Å². The number of pyridine rings is 2. The van der Waals surface area contributed by atoms with Crippen molar-refractivity contribution in [2.24, 2.45) is 0 Å². The molecule has 0 unspecified atom stereocenters. The van der Waals surface area contributed by atoms with E-state index in [1.54, 1.807) is 0 Å². The van der Waals surface area contributed by atoms with Crippen LogP contribution in [0.3, 0.4) is 0 Å². The number of nitrogens with one attached hydrogen (secondary N) is 2. The molecule has 1 aromatic carbocycles. The van der Waals surface area contributed by atoms with E-state index in [1.807, 2.05) is 0 Å². The third-order valence-electron chi connectivity index (χ3n) is 3.66. The van der Waals surface area contributed by atoms with Crippen molar-refractivity contribution < 1.29 is 19.1 Å². The van der Waals surface area contributed by atoms with Crippen LogP contribution in [0, 0.1) is 0 Å². The van der Waals surface area contributed by atoms with E-state index >= 15 is 0 Å². The zero-order chi connectivity index (χ0) is 18.3. The van der Waals surface area contributed by atoms with Gasteiger partial charge in [0.25, 0.3) is 0 Å². The summed E-state index contributed by atoms with van der Waals surface area (Å²) in [7, 11) is 2.39. The lowest BCUT2D eigenvalue weighted by molar-refractivity contribution is 0.0585. The smallest absolute Gasteiger partial charge is 0.354 e. The van der Waals surface area contributed by atoms with Crippen LogP contribution >= 0.6 is 15.9 Å². The van der Waals surface area contributed by atoms with E-state index in [1.165, 1.54) is 20.3 Å². The van der Waals surface area contributed by atoms with Crippen LogP contribution < -0.4 is 10.9 Å². The van der Waals surface area contributed by atoms with E-state index in [9.17, 15) is 19.2 Å². The minimum Gasteiger partial charge on any atom is -0.464 e. The molecular weight excluding hydrogens is 396 g/mol. The fraction of sp³-hybridized carbons (Fsp3) is 0.125. The van der Waals surface area contributed by atoms with Crippen LogP contribution in [0.25, 0.3) is 21.8 Å². The fourth-order valence-corrected chi connectivity index (χ4v) is 3.10. The van der Waals surface area contributed by atoms with Crippen LogP contribution in [0.1, 0.15) is 21.0 Å². The Kier molecular flexibility index (Phi) is 4.17. The molecule has 25 heavy (non-hydrogen) atoms. The molecule has 0 aliphatic heterocycles. The Bertz CT molecular complexity index is 1160. The fourth-order valence-electron chi connectivity index (χ4n) is 2.57. The minimum atomic E-state index is -0.707. The van der Waals surface area contributed by atoms with Crippen LogP contribution in [0.2, 0.25) is 0 Å². The van der Waals surface area contributed by atoms with Gasteiger partial charge in [-0.05, 0) is 22.0 Å². The molecule has 2 aromatic heterocycles. The van der Waals surface area contributed by atoms with Gasteiger partial charge in [0, 0.05) is 16.6 Å². The van der Waals surface area contributed by atoms with Gasteiger partial charge in [0.15, 0.2) is 10.9 Å². The number of hydrogen-bond donors (Lipinski definition) is 2. The molecule has 3 rings (SSSR count). The van der Waals surface area contributed by atoms with Crippen molar-refractivity contribution >= 4 is 49.7 Å². The van der Waals surface area contributed by atoms with Crippen molar-refractivity contribution in [2.45, 2.75) is 0 Å². The van der Waals surface area contributed by atoms with Gasteiger partial charge in [-0.25, -0.2) is 9.59 Å². The van der Waals surface area contributed by atoms with Crippen LogP contribution in [0.4, 0.5) is 0 Å². The Balaban J connectivity index is 2.47. The maximum atomic E-state index is 12.5. The average molecular weight is 407 g/mol. The maximum Gasteiger partial charge on any atom is 0.354 e. The van der Waals surface area contributed by atoms with Gasteiger partial charge >= 0.3 is 11.9 Å². The van der Waals surface area contributed by atoms with Crippen molar-refractivity contribution in [2.75, 3.05) is 14.2 Å². The number of carbonyl (C=O) groups excluding carboxylic acids is 2. The summed E-state index contributed by atoms with van der Waals surface area (Å²) in [6.45, 7) is 0. The second-order valence-electron chi connectivity index (χ2n) is 5.11. The maximum absolute atomic E-state index is 12.5. The molecule has 2 heterocycles. The third kappa shape index (κ3) is 2.72. The number of H-pyrrole nitrogens is 2. The normalized spacial score (nSPS) is 10.8. The van der Waals surface area contributed by atoms with Gasteiger partial charge in [-0.15, -0.1) is 0 Å². The number of fused-ring (bicyclic) bond motifs is 3. The molecule has 128 valence electrons. The van der Waals surface area contributed by atoms with Crippen LogP contribution in [0.5, 0.6) is 0 Å². The van der Waals surface area contributed by atoms with Crippen molar-refractivity contribution in [1.82, 2.24) is 9.97 Å². The van der Waals surface area contributed by atoms with Crippen LogP contribution in [0.15, 0.2) is 32.3 Å². The summed E-state index contributed by atoms with van der Waals surface area (Å²) in [4.78, 5) is 53.9. The van der Waals surface area contributed by atoms with E-state index in [4.69, 9.17) is 0 Å². The predicted molar refractivity (Wildman–Crippen MR) is 93.1 cm³/mol. The van der Waals surface area contributed by atoms with Gasteiger partial charge in [-0.1, -0.05) is 0 Å². The summed E-state index contributed by atoms with van der Waals surface area (Å²) in [6, 6.07) is 3.66. The summed E-state index contributed by atoms with van der Waals surface area (Å²) >= 11 is 3.30. The molecule has 0 aliphatic rings. The second-order valence-corrected chi connectivity index (χ2v) is 5.96. The number of carbonyl (C=O) groups is 2. The number of benzene rings is 1. The van der Waals surface area contributed by atoms with Crippen LogP contribution in [-0.2, 0) is 9.47 Å². The monoisotopic (exact) mass is 406 g/mol. The topological polar surface area (TPSA) is 118 Å². The Morgan fingerprint density at radius 2 is 1.40 bits per heavy atom. The predicted octanol–water partition coefficient (Wildman–Crippen LogP) is 1.71. The van der Waals surface area contributed by atoms with Gasteiger partial charge in [0.2, 0.25) is 0 Å². The number of halogens is 1. The average Bonchev–Trinajstić information content (AvgIpc) is 2.60. The van der Waals surface area contributed by atoms with Gasteiger partial charge < -0.3 is 19.4 Å². The zero-order valence-corrected chi connectivity index (χ0v) is 14.6. The Labute approximate surface area is 147 Å². The largest absolute Gasteiger partial charge is 0.464 e. The first-order valence-electron chi connectivity index (χ1n) is 6.96. The van der Waals surface area contributed by atoms with E-state index in [-0.39, 0.29) is 33.2 Å². The molecule has 3 aromatic rings. The summed E-state index contributed by atoms with van der Waals surface area (Å²) in [5.74, 6) is -1.41. The van der Waals surface area contributed by atoms with Crippen molar-refractivity contribution in [3.8, 4) is 0 Å². The van der Waals surface area contributed by atoms with Crippen LogP contribution in [-0.4, -0.2) is 36.1 Å². The summed E-state index contributed by atoms with van der Waals surface area (Å²) in [5.41, 5.74) is -0.573. The number of aromatic amines is 2. The molecule has 0 fully saturated rings. The molecule has 0 saturated carbocycles. The number of methoxy groups -OCH3 is 2. The minimum absolute atomic E-state index is 0.0335. The zero-order valence-electron chi connectivity index (χ0n) is 13.1. The van der Waals surface area contributed by atoms with E-state index in [2.05, 4.69) is 35.4 Å². The van der Waals surface area contributed by atoms with Crippen molar-refractivity contribution in [3.63, 3.8) is 0 Å². The lowest BCUT2D eigenvalue weighted by atomic mass is 10.1. The molecule has 8 nitrogen and oxygen atoms in total. The molecule has 9 heteroatoms. The Morgan fingerprint density at radius 1 is 0.880 bits per heavy atom. The number of ether oxygens (including phenoxy) is 2. The quantitative estimate of drug-likeness (QED) is 0.493. The van der Waals surface area contributed by atoms with Gasteiger partial charge in [0.05, 0.1) is 36.0 Å². The first-order valence-corrected chi connectivity index (χ1v) is 7.76. The van der Waals surface area contributed by atoms with Gasteiger partial charge in [-0.3, -0.25) is 9.59 Å². The molecule has 0 aliphatic carbocycles. The number of aromatic nitrogens is 2. The molecule has 0 amide bonds.